The van der Waals surface area contributed by atoms with Crippen molar-refractivity contribution in [3.63, 3.8) is 0 Å². The fourth-order valence-corrected chi connectivity index (χ4v) is 4.71. The summed E-state index contributed by atoms with van der Waals surface area (Å²) in [5.41, 5.74) is 2.28. The van der Waals surface area contributed by atoms with Gasteiger partial charge in [-0.3, -0.25) is 0 Å². The van der Waals surface area contributed by atoms with Crippen LogP contribution in [0.5, 0.6) is 0 Å². The molecule has 0 saturated carbocycles. The van der Waals surface area contributed by atoms with Crippen LogP contribution in [0.1, 0.15) is 34.5 Å². The first-order valence-electron chi connectivity index (χ1n) is 8.71. The Morgan fingerprint density at radius 1 is 0.964 bits per heavy atom. The number of halogens is 5. The number of benzene rings is 2. The average Bonchev–Trinajstić information content (AvgIpc) is 3.22. The number of fused-ring (bicyclic) bond motifs is 4. The molecule has 0 spiro atoms. The van der Waals surface area contributed by atoms with Crippen molar-refractivity contribution < 1.29 is 31.3 Å². The molecule has 4 bridgehead atoms. The fourth-order valence-electron chi connectivity index (χ4n) is 4.71. The van der Waals surface area contributed by atoms with Gasteiger partial charge in [0.2, 0.25) is 41.1 Å². The molecule has 4 nitrogen and oxygen atoms in total. The van der Waals surface area contributed by atoms with Crippen LogP contribution in [0.3, 0.4) is 0 Å². The number of aromatic nitrogens is 3. The van der Waals surface area contributed by atoms with E-state index >= 15 is 0 Å². The van der Waals surface area contributed by atoms with E-state index in [9.17, 15) is 22.0 Å². The fraction of sp³-hybridized carbons (Fsp3) is 0.263. The summed E-state index contributed by atoms with van der Waals surface area (Å²) < 4.78 is 77.4. The van der Waals surface area contributed by atoms with Crippen molar-refractivity contribution in [2.45, 2.75) is 31.1 Å². The second-order valence-corrected chi connectivity index (χ2v) is 7.30. The molecule has 3 atom stereocenters. The van der Waals surface area contributed by atoms with Gasteiger partial charge < -0.3 is 4.74 Å². The molecule has 3 aliphatic carbocycles. The minimum atomic E-state index is -2.20. The van der Waals surface area contributed by atoms with E-state index in [0.717, 1.165) is 17.5 Å². The molecule has 142 valence electrons. The molecular formula is C19H11F5N3O+. The third-order valence-corrected chi connectivity index (χ3v) is 5.91. The van der Waals surface area contributed by atoms with Gasteiger partial charge in [-0.2, -0.15) is 8.78 Å². The highest BCUT2D eigenvalue weighted by molar-refractivity contribution is 5.48. The number of hydrogen-bond donors (Lipinski definition) is 0. The van der Waals surface area contributed by atoms with Crippen molar-refractivity contribution in [3.8, 4) is 5.69 Å². The van der Waals surface area contributed by atoms with Gasteiger partial charge in [-0.1, -0.05) is 22.9 Å². The first-order chi connectivity index (χ1) is 13.5. The summed E-state index contributed by atoms with van der Waals surface area (Å²) >= 11 is 0. The maximum atomic E-state index is 14.2. The van der Waals surface area contributed by atoms with E-state index in [1.807, 2.05) is 0 Å². The van der Waals surface area contributed by atoms with Gasteiger partial charge in [0.05, 0.1) is 0 Å². The molecule has 0 amide bonds. The summed E-state index contributed by atoms with van der Waals surface area (Å²) in [6.07, 6.45) is 1.98. The van der Waals surface area contributed by atoms with Crippen molar-refractivity contribution in [1.29, 1.82) is 0 Å². The van der Waals surface area contributed by atoms with Gasteiger partial charge in [0.15, 0.2) is 0 Å². The Kier molecular flexibility index (Phi) is 2.98. The number of rotatable bonds is 1. The normalized spacial score (nSPS) is 23.8. The summed E-state index contributed by atoms with van der Waals surface area (Å²) in [6.45, 7) is 0.0830. The van der Waals surface area contributed by atoms with Gasteiger partial charge in [0.25, 0.3) is 0 Å². The van der Waals surface area contributed by atoms with Crippen molar-refractivity contribution in [2.75, 3.05) is 0 Å². The van der Waals surface area contributed by atoms with Crippen molar-refractivity contribution in [2.24, 2.45) is 0 Å². The van der Waals surface area contributed by atoms with E-state index in [1.54, 1.807) is 4.57 Å². The lowest BCUT2D eigenvalue weighted by Crippen LogP contribution is -2.51. The molecular weight excluding hydrogens is 381 g/mol. The highest BCUT2D eigenvalue weighted by atomic mass is 19.2. The molecule has 0 radical (unpaired) electrons. The highest BCUT2D eigenvalue weighted by Crippen LogP contribution is 2.49. The minimum absolute atomic E-state index is 0.0830. The maximum Gasteiger partial charge on any atom is 0.304 e. The zero-order valence-electron chi connectivity index (χ0n) is 14.1. The molecule has 0 saturated heterocycles. The third-order valence-electron chi connectivity index (χ3n) is 5.91. The van der Waals surface area contributed by atoms with Crippen molar-refractivity contribution >= 4 is 0 Å². The van der Waals surface area contributed by atoms with E-state index in [-0.39, 0.29) is 24.7 Å². The van der Waals surface area contributed by atoms with Crippen LogP contribution >= 0.6 is 0 Å². The van der Waals surface area contributed by atoms with E-state index in [0.29, 0.717) is 10.5 Å². The van der Waals surface area contributed by atoms with Gasteiger partial charge in [-0.15, -0.1) is 0 Å². The van der Waals surface area contributed by atoms with Crippen LogP contribution < -0.4 is 4.57 Å². The Morgan fingerprint density at radius 3 is 2.39 bits per heavy atom. The lowest BCUT2D eigenvalue weighted by atomic mass is 9.86. The van der Waals surface area contributed by atoms with Crippen molar-refractivity contribution in [3.05, 3.63) is 76.1 Å². The minimum Gasteiger partial charge on any atom is -0.362 e. The Bertz CT molecular complexity index is 1160. The first kappa shape index (κ1) is 16.2. The molecule has 9 heteroatoms. The van der Waals surface area contributed by atoms with Gasteiger partial charge in [0.1, 0.15) is 18.8 Å². The van der Waals surface area contributed by atoms with Gasteiger partial charge in [-0.05, 0) is 23.1 Å². The van der Waals surface area contributed by atoms with Crippen LogP contribution in [-0.4, -0.2) is 15.9 Å². The topological polar surface area (TPSA) is 30.9 Å². The summed E-state index contributed by atoms with van der Waals surface area (Å²) in [6, 6.07) is 5.92. The molecule has 1 aliphatic heterocycles. The average molecular weight is 392 g/mol. The van der Waals surface area contributed by atoms with E-state index in [4.69, 9.17) is 4.74 Å². The van der Waals surface area contributed by atoms with Gasteiger partial charge in [-0.25, -0.2) is 17.7 Å². The quantitative estimate of drug-likeness (QED) is 0.276. The number of hydrogen-bond acceptors (Lipinski definition) is 2. The molecule has 4 aliphatic rings. The highest BCUT2D eigenvalue weighted by Gasteiger charge is 2.51. The molecule has 7 rings (SSSR count). The SMILES string of the molecule is Fc1c(F)c(F)c(-n2c[n+]3c(n2)CO[C@@H]2[C@H]4Cc5ccc4c(c5)[C@@H]23)c(F)c1F. The Balaban J connectivity index is 1.54. The largest absolute Gasteiger partial charge is 0.362 e. The number of nitrogens with zero attached hydrogens (tertiary/aromatic N) is 3. The van der Waals surface area contributed by atoms with Crippen LogP contribution in [0.15, 0.2) is 24.5 Å². The Labute approximate surface area is 154 Å². The molecule has 28 heavy (non-hydrogen) atoms. The maximum absolute atomic E-state index is 14.2. The second-order valence-electron chi connectivity index (χ2n) is 7.30. The summed E-state index contributed by atoms with van der Waals surface area (Å²) in [5, 5.41) is 4.05. The van der Waals surface area contributed by atoms with Crippen LogP contribution in [0.4, 0.5) is 22.0 Å². The van der Waals surface area contributed by atoms with E-state index < -0.39 is 34.8 Å². The summed E-state index contributed by atoms with van der Waals surface area (Å²) in [7, 11) is 0. The third kappa shape index (κ3) is 1.82. The molecule has 0 fully saturated rings. The van der Waals surface area contributed by atoms with Crippen LogP contribution in [0.2, 0.25) is 0 Å². The lowest BCUT2D eigenvalue weighted by molar-refractivity contribution is -0.739. The van der Waals surface area contributed by atoms with Crippen LogP contribution in [0.25, 0.3) is 5.69 Å². The Morgan fingerprint density at radius 2 is 1.68 bits per heavy atom. The molecule has 0 N–H and O–H groups in total. The molecule has 1 aromatic heterocycles. The van der Waals surface area contributed by atoms with Gasteiger partial charge >= 0.3 is 5.82 Å². The second kappa shape index (κ2) is 5.16. The first-order valence-corrected chi connectivity index (χ1v) is 8.71. The standard InChI is InChI=1S/C19H11F5N3O/c20-12-13(21)15(23)18(16(24)14(12)22)27-6-26-11(25-27)5-28-19-10-4-7-1-2-8(10)9(3-7)17(19)26/h1-3,6,10,17,19H,4-5H2/q+1/t10-,17-,19+/m0/s1. The smallest absolute Gasteiger partial charge is 0.304 e. The molecule has 2 heterocycles. The number of ether oxygens (including phenoxy) is 1. The van der Waals surface area contributed by atoms with Crippen LogP contribution in [0, 0.1) is 29.1 Å². The summed E-state index contributed by atoms with van der Waals surface area (Å²) in [4.78, 5) is 0. The lowest BCUT2D eigenvalue weighted by Gasteiger charge is -2.27. The van der Waals surface area contributed by atoms with E-state index in [2.05, 4.69) is 23.3 Å². The predicted octanol–water partition coefficient (Wildman–Crippen LogP) is 3.00. The monoisotopic (exact) mass is 392 g/mol. The van der Waals surface area contributed by atoms with Crippen LogP contribution in [-0.2, 0) is 17.8 Å². The predicted molar refractivity (Wildman–Crippen MR) is 83.2 cm³/mol. The zero-order valence-corrected chi connectivity index (χ0v) is 14.1. The van der Waals surface area contributed by atoms with Gasteiger partial charge in [0, 0.05) is 11.0 Å². The van der Waals surface area contributed by atoms with E-state index in [1.165, 1.54) is 11.9 Å². The Hall–Kier alpha value is -2.81. The molecule has 2 aromatic carbocycles. The molecule has 3 aromatic rings. The zero-order chi connectivity index (χ0) is 19.3. The van der Waals surface area contributed by atoms with Crippen molar-refractivity contribution in [1.82, 2.24) is 9.78 Å². The summed E-state index contributed by atoms with van der Waals surface area (Å²) in [5.74, 6) is -9.51. The molecule has 0 unspecified atom stereocenters.